The van der Waals surface area contributed by atoms with Crippen LogP contribution in [-0.2, 0) is 13.2 Å². The molecule has 4 nitrogen and oxygen atoms in total. The van der Waals surface area contributed by atoms with Crippen LogP contribution in [0.5, 0.6) is 11.5 Å². The quantitative estimate of drug-likeness (QED) is 0.686. The molecule has 0 spiro atoms. The van der Waals surface area contributed by atoms with Gasteiger partial charge in [-0.25, -0.2) is 0 Å². The van der Waals surface area contributed by atoms with Crippen molar-refractivity contribution in [2.75, 3.05) is 34.3 Å². The topological polar surface area (TPSA) is 33.7 Å². The number of nitrogens with one attached hydrogen (secondary N) is 1. The molecule has 0 amide bonds. The Kier molecular flexibility index (Phi) is 7.56. The fraction of sp³-hybridized carbons (Fsp3) is 0.400. The van der Waals surface area contributed by atoms with Crippen LogP contribution < -0.4 is 14.8 Å². The lowest BCUT2D eigenvalue weighted by molar-refractivity contribution is 0.284. The Morgan fingerprint density at radius 3 is 2.60 bits per heavy atom. The highest BCUT2D eigenvalue weighted by atomic mass is 35.5. The molecule has 0 aliphatic carbocycles. The molecule has 0 atom stereocenters. The fourth-order valence-electron chi connectivity index (χ4n) is 2.51. The minimum atomic E-state index is 0.457. The zero-order chi connectivity index (χ0) is 18.2. The summed E-state index contributed by atoms with van der Waals surface area (Å²) in [6, 6.07) is 12.1. The molecule has 1 N–H and O–H groups in total. The first-order chi connectivity index (χ1) is 12.0. The van der Waals surface area contributed by atoms with E-state index in [9.17, 15) is 0 Å². The molecule has 0 aromatic heterocycles. The highest BCUT2D eigenvalue weighted by Crippen LogP contribution is 2.37. The summed E-state index contributed by atoms with van der Waals surface area (Å²) >= 11 is 6.43. The predicted molar refractivity (Wildman–Crippen MR) is 104 cm³/mol. The SMILES string of the molecule is COc1cc(CNCCN(C)C)cc(Cl)c1OCc1cccc(C)c1. The highest BCUT2D eigenvalue weighted by Gasteiger charge is 2.12. The maximum atomic E-state index is 6.43. The van der Waals surface area contributed by atoms with Crippen molar-refractivity contribution >= 4 is 11.6 Å². The number of benzene rings is 2. The lowest BCUT2D eigenvalue weighted by atomic mass is 10.1. The molecule has 25 heavy (non-hydrogen) atoms. The minimum Gasteiger partial charge on any atom is -0.493 e. The van der Waals surface area contributed by atoms with Gasteiger partial charge in [-0.3, -0.25) is 0 Å². The zero-order valence-corrected chi connectivity index (χ0v) is 16.2. The van der Waals surface area contributed by atoms with Crippen molar-refractivity contribution in [3.63, 3.8) is 0 Å². The molecule has 5 heteroatoms. The Morgan fingerprint density at radius 2 is 1.92 bits per heavy atom. The van der Waals surface area contributed by atoms with Crippen LogP contribution in [-0.4, -0.2) is 39.2 Å². The van der Waals surface area contributed by atoms with E-state index in [2.05, 4.69) is 43.4 Å². The van der Waals surface area contributed by atoms with E-state index in [4.69, 9.17) is 21.1 Å². The van der Waals surface area contributed by atoms with Crippen molar-refractivity contribution in [1.29, 1.82) is 0 Å². The second kappa shape index (κ2) is 9.66. The van der Waals surface area contributed by atoms with E-state index in [0.29, 0.717) is 23.1 Å². The van der Waals surface area contributed by atoms with E-state index < -0.39 is 0 Å². The van der Waals surface area contributed by atoms with Crippen molar-refractivity contribution in [2.24, 2.45) is 0 Å². The third-order valence-electron chi connectivity index (χ3n) is 3.82. The molecule has 0 bridgehead atoms. The Morgan fingerprint density at radius 1 is 1.12 bits per heavy atom. The van der Waals surface area contributed by atoms with E-state index in [1.54, 1.807) is 7.11 Å². The first-order valence-electron chi connectivity index (χ1n) is 8.40. The molecule has 2 aromatic rings. The van der Waals surface area contributed by atoms with E-state index in [1.807, 2.05) is 24.3 Å². The van der Waals surface area contributed by atoms with Crippen LogP contribution in [0.1, 0.15) is 16.7 Å². The smallest absolute Gasteiger partial charge is 0.180 e. The van der Waals surface area contributed by atoms with Gasteiger partial charge in [-0.15, -0.1) is 0 Å². The molecule has 0 aliphatic heterocycles. The van der Waals surface area contributed by atoms with E-state index in [-0.39, 0.29) is 0 Å². The van der Waals surface area contributed by atoms with Crippen molar-refractivity contribution in [1.82, 2.24) is 10.2 Å². The summed E-state index contributed by atoms with van der Waals surface area (Å²) in [7, 11) is 5.75. The van der Waals surface area contributed by atoms with Gasteiger partial charge in [0.15, 0.2) is 11.5 Å². The number of halogens is 1. The predicted octanol–water partition coefficient (Wildman–Crippen LogP) is 3.89. The third-order valence-corrected chi connectivity index (χ3v) is 4.10. The Hall–Kier alpha value is -1.75. The van der Waals surface area contributed by atoms with Crippen LogP contribution in [0.25, 0.3) is 0 Å². The first-order valence-corrected chi connectivity index (χ1v) is 8.77. The van der Waals surface area contributed by atoms with Gasteiger partial charge in [0.05, 0.1) is 12.1 Å². The number of rotatable bonds is 9. The summed E-state index contributed by atoms with van der Waals surface area (Å²) < 4.78 is 11.4. The molecule has 0 radical (unpaired) electrons. The monoisotopic (exact) mass is 362 g/mol. The number of ether oxygens (including phenoxy) is 2. The maximum Gasteiger partial charge on any atom is 0.180 e. The van der Waals surface area contributed by atoms with Gasteiger partial charge in [-0.05, 0) is 44.3 Å². The summed E-state index contributed by atoms with van der Waals surface area (Å²) in [5.41, 5.74) is 3.38. The van der Waals surface area contributed by atoms with Crippen LogP contribution in [0, 0.1) is 6.92 Å². The van der Waals surface area contributed by atoms with Gasteiger partial charge < -0.3 is 19.7 Å². The first kappa shape index (κ1) is 19.6. The van der Waals surface area contributed by atoms with Crippen LogP contribution in [0.15, 0.2) is 36.4 Å². The van der Waals surface area contributed by atoms with Crippen LogP contribution in [0.4, 0.5) is 0 Å². The summed E-state index contributed by atoms with van der Waals surface area (Å²) in [5, 5.41) is 3.96. The minimum absolute atomic E-state index is 0.457. The van der Waals surface area contributed by atoms with Gasteiger partial charge in [0.25, 0.3) is 0 Å². The Balaban J connectivity index is 2.03. The molecular weight excluding hydrogens is 336 g/mol. The Labute approximate surface area is 155 Å². The van der Waals surface area contributed by atoms with Gasteiger partial charge in [0.1, 0.15) is 6.61 Å². The second-order valence-corrected chi connectivity index (χ2v) is 6.77. The van der Waals surface area contributed by atoms with Crippen molar-refractivity contribution in [3.05, 3.63) is 58.1 Å². The van der Waals surface area contributed by atoms with Gasteiger partial charge in [-0.2, -0.15) is 0 Å². The number of likely N-dealkylation sites (N-methyl/N-ethyl adjacent to an activating group) is 1. The summed E-state index contributed by atoms with van der Waals surface area (Å²) in [4.78, 5) is 2.14. The normalized spacial score (nSPS) is 11.0. The van der Waals surface area contributed by atoms with Crippen molar-refractivity contribution in [3.8, 4) is 11.5 Å². The van der Waals surface area contributed by atoms with E-state index >= 15 is 0 Å². The van der Waals surface area contributed by atoms with Gasteiger partial charge in [0, 0.05) is 19.6 Å². The average Bonchev–Trinajstić information content (AvgIpc) is 2.57. The molecular formula is C20H27ClN2O2. The Bertz CT molecular complexity index is 689. The third kappa shape index (κ3) is 6.24. The van der Waals surface area contributed by atoms with Gasteiger partial charge >= 0.3 is 0 Å². The largest absolute Gasteiger partial charge is 0.493 e. The van der Waals surface area contributed by atoms with Crippen LogP contribution >= 0.6 is 11.6 Å². The van der Waals surface area contributed by atoms with Crippen LogP contribution in [0.3, 0.4) is 0 Å². The van der Waals surface area contributed by atoms with Crippen LogP contribution in [0.2, 0.25) is 5.02 Å². The second-order valence-electron chi connectivity index (χ2n) is 6.37. The van der Waals surface area contributed by atoms with E-state index in [1.165, 1.54) is 5.56 Å². The standard InChI is InChI=1S/C20H27ClN2O2/c1-15-6-5-7-16(10-15)14-25-20-18(21)11-17(12-19(20)24-4)13-22-8-9-23(2)3/h5-7,10-12,22H,8-9,13-14H2,1-4H3. The molecule has 2 rings (SSSR count). The van der Waals surface area contributed by atoms with Crippen molar-refractivity contribution < 1.29 is 9.47 Å². The maximum absolute atomic E-state index is 6.43. The summed E-state index contributed by atoms with van der Waals surface area (Å²) in [6.45, 7) is 5.16. The fourth-order valence-corrected chi connectivity index (χ4v) is 2.80. The molecule has 0 fully saturated rings. The summed E-state index contributed by atoms with van der Waals surface area (Å²) in [5.74, 6) is 1.24. The molecule has 0 aliphatic rings. The number of hydrogen-bond donors (Lipinski definition) is 1. The molecule has 136 valence electrons. The highest BCUT2D eigenvalue weighted by molar-refractivity contribution is 6.32. The van der Waals surface area contributed by atoms with Gasteiger partial charge in [0.2, 0.25) is 0 Å². The molecule has 2 aromatic carbocycles. The molecule has 0 saturated carbocycles. The lowest BCUT2D eigenvalue weighted by Crippen LogP contribution is -2.26. The molecule has 0 heterocycles. The number of methoxy groups -OCH3 is 1. The zero-order valence-electron chi connectivity index (χ0n) is 15.4. The summed E-state index contributed by atoms with van der Waals surface area (Å²) in [6.07, 6.45) is 0. The number of aryl methyl sites for hydroxylation is 1. The molecule has 0 unspecified atom stereocenters. The number of hydrogen-bond acceptors (Lipinski definition) is 4. The van der Waals surface area contributed by atoms with Gasteiger partial charge in [-0.1, -0.05) is 41.4 Å². The lowest BCUT2D eigenvalue weighted by Gasteiger charge is -2.15. The van der Waals surface area contributed by atoms with E-state index in [0.717, 1.165) is 30.8 Å². The molecule has 0 saturated heterocycles. The number of nitrogens with zero attached hydrogens (tertiary/aromatic N) is 1. The average molecular weight is 363 g/mol. The van der Waals surface area contributed by atoms with Crippen molar-refractivity contribution in [2.45, 2.75) is 20.1 Å².